The van der Waals surface area contributed by atoms with Gasteiger partial charge in [0.2, 0.25) is 6.17 Å². The molecule has 192 valence electrons. The minimum absolute atomic E-state index is 0.0173. The number of alkyl halides is 5. The normalized spacial score (nSPS) is 16.6. The molecular weight excluding hydrogens is 461 g/mol. The lowest BCUT2D eigenvalue weighted by Crippen LogP contribution is -2.32. The van der Waals surface area contributed by atoms with E-state index in [1.165, 1.54) is 12.1 Å². The third-order valence-corrected chi connectivity index (χ3v) is 6.80. The molecule has 0 spiro atoms. The highest BCUT2D eigenvalue weighted by Gasteiger charge is 2.30. The number of carbonyl (C=O) groups excluding carboxylic acids is 1. The van der Waals surface area contributed by atoms with Crippen LogP contribution in [-0.4, -0.2) is 18.3 Å². The van der Waals surface area contributed by atoms with Crippen molar-refractivity contribution in [2.24, 2.45) is 0 Å². The number of rotatable bonds is 10. The minimum atomic E-state index is -4.36. The van der Waals surface area contributed by atoms with Crippen molar-refractivity contribution in [2.75, 3.05) is 5.32 Å². The largest absolute Gasteiger partial charge is 0.416 e. The van der Waals surface area contributed by atoms with Crippen molar-refractivity contribution in [3.05, 3.63) is 64.7 Å². The number of benzene rings is 2. The van der Waals surface area contributed by atoms with E-state index >= 15 is 0 Å². The predicted octanol–water partition coefficient (Wildman–Crippen LogP) is 8.34. The maximum atomic E-state index is 14.4. The zero-order chi connectivity index (χ0) is 25.4. The van der Waals surface area contributed by atoms with Gasteiger partial charge in [-0.3, -0.25) is 4.79 Å². The van der Waals surface area contributed by atoms with E-state index in [0.29, 0.717) is 24.9 Å². The zero-order valence-electron chi connectivity index (χ0n) is 20.1. The van der Waals surface area contributed by atoms with Gasteiger partial charge < -0.3 is 5.32 Å². The Morgan fingerprint density at radius 2 is 1.60 bits per heavy atom. The first-order chi connectivity index (χ1) is 16.7. The maximum Gasteiger partial charge on any atom is 0.416 e. The van der Waals surface area contributed by atoms with Gasteiger partial charge in [-0.1, -0.05) is 63.3 Å². The van der Waals surface area contributed by atoms with Crippen LogP contribution in [0, 0.1) is 0 Å². The van der Waals surface area contributed by atoms with Crippen LogP contribution < -0.4 is 5.32 Å². The molecule has 1 N–H and O–H groups in total. The Morgan fingerprint density at radius 1 is 0.971 bits per heavy atom. The van der Waals surface area contributed by atoms with Crippen LogP contribution in [0.25, 0.3) is 0 Å². The highest BCUT2D eigenvalue weighted by Crippen LogP contribution is 2.37. The average Bonchev–Trinajstić information content (AvgIpc) is 2.86. The standard InChI is InChI=1S/C28H34F5NO/c1-2-3-9-24(29)26(30)27(35)34-25-17-14-20(18-23(25)21-7-5-4-6-8-21)11-10-19-12-15-22(16-13-19)28(31,32)33/h12-18,21,24,26H,2-11H2,1H3,(H,34,35). The highest BCUT2D eigenvalue weighted by molar-refractivity contribution is 5.95. The lowest BCUT2D eigenvalue weighted by molar-refractivity contribution is -0.137. The van der Waals surface area contributed by atoms with Gasteiger partial charge in [0.05, 0.1) is 5.56 Å². The first-order valence-electron chi connectivity index (χ1n) is 12.6. The van der Waals surface area contributed by atoms with Crippen molar-refractivity contribution in [2.45, 2.75) is 95.6 Å². The SMILES string of the molecule is CCCCC(F)C(F)C(=O)Nc1ccc(CCc2ccc(C(F)(F)F)cc2)cc1C1CCCCC1. The van der Waals surface area contributed by atoms with E-state index < -0.39 is 30.0 Å². The van der Waals surface area contributed by atoms with Crippen molar-refractivity contribution in [3.63, 3.8) is 0 Å². The number of anilines is 1. The number of halogens is 5. The van der Waals surface area contributed by atoms with Gasteiger partial charge >= 0.3 is 6.18 Å². The number of nitrogens with one attached hydrogen (secondary N) is 1. The molecule has 1 aliphatic carbocycles. The van der Waals surface area contributed by atoms with E-state index in [1.54, 1.807) is 6.07 Å². The maximum absolute atomic E-state index is 14.4. The van der Waals surface area contributed by atoms with Crippen LogP contribution in [0.15, 0.2) is 42.5 Å². The molecule has 0 aromatic heterocycles. The summed E-state index contributed by atoms with van der Waals surface area (Å²) in [7, 11) is 0. The van der Waals surface area contributed by atoms with Gasteiger partial charge in [-0.15, -0.1) is 0 Å². The Hall–Kier alpha value is -2.44. The van der Waals surface area contributed by atoms with Gasteiger partial charge in [-0.2, -0.15) is 13.2 Å². The summed E-state index contributed by atoms with van der Waals surface area (Å²) in [5.74, 6) is -0.729. The Morgan fingerprint density at radius 3 is 2.23 bits per heavy atom. The van der Waals surface area contributed by atoms with Crippen molar-refractivity contribution in [1.82, 2.24) is 0 Å². The molecule has 2 aromatic carbocycles. The monoisotopic (exact) mass is 495 g/mol. The number of amides is 1. The summed E-state index contributed by atoms with van der Waals surface area (Å²) < 4.78 is 66.9. The lowest BCUT2D eigenvalue weighted by Gasteiger charge is -2.25. The van der Waals surface area contributed by atoms with E-state index in [9.17, 15) is 26.7 Å². The second-order valence-corrected chi connectivity index (χ2v) is 9.50. The molecule has 1 amide bonds. The molecule has 35 heavy (non-hydrogen) atoms. The fourth-order valence-electron chi connectivity index (χ4n) is 4.69. The van der Waals surface area contributed by atoms with Crippen molar-refractivity contribution < 1.29 is 26.7 Å². The number of hydrogen-bond acceptors (Lipinski definition) is 1. The van der Waals surface area contributed by atoms with Crippen LogP contribution in [0.1, 0.15) is 86.5 Å². The van der Waals surface area contributed by atoms with Crippen LogP contribution in [0.3, 0.4) is 0 Å². The molecular formula is C28H34F5NO. The number of unbranched alkanes of at least 4 members (excludes halogenated alkanes) is 1. The predicted molar refractivity (Wildman–Crippen MR) is 129 cm³/mol. The van der Waals surface area contributed by atoms with Gasteiger partial charge in [0.25, 0.3) is 5.91 Å². The molecule has 0 bridgehead atoms. The summed E-state index contributed by atoms with van der Waals surface area (Å²) in [6, 6.07) is 10.8. The van der Waals surface area contributed by atoms with Crippen LogP contribution in [-0.2, 0) is 23.8 Å². The first kappa shape index (κ1) is 27.2. The zero-order valence-corrected chi connectivity index (χ0v) is 20.1. The van der Waals surface area contributed by atoms with Gasteiger partial charge in [-0.05, 0) is 72.9 Å². The molecule has 1 fully saturated rings. The summed E-state index contributed by atoms with van der Waals surface area (Å²) in [5, 5.41) is 2.63. The summed E-state index contributed by atoms with van der Waals surface area (Å²) in [5.41, 5.74) is 2.57. The molecule has 0 radical (unpaired) electrons. The summed E-state index contributed by atoms with van der Waals surface area (Å²) in [6.07, 6.45) is -0.699. The smallest absolute Gasteiger partial charge is 0.323 e. The summed E-state index contributed by atoms with van der Waals surface area (Å²) in [4.78, 5) is 12.4. The van der Waals surface area contributed by atoms with Crippen molar-refractivity contribution in [3.8, 4) is 0 Å². The van der Waals surface area contributed by atoms with Crippen LogP contribution in [0.5, 0.6) is 0 Å². The molecule has 0 saturated heterocycles. The molecule has 2 nitrogen and oxygen atoms in total. The van der Waals surface area contributed by atoms with Gasteiger partial charge in [0.15, 0.2) is 0 Å². The second-order valence-electron chi connectivity index (χ2n) is 9.50. The average molecular weight is 496 g/mol. The number of hydrogen-bond donors (Lipinski definition) is 1. The molecule has 7 heteroatoms. The third kappa shape index (κ3) is 7.77. The topological polar surface area (TPSA) is 29.1 Å². The Kier molecular flexibility index (Phi) is 9.70. The van der Waals surface area contributed by atoms with Crippen LogP contribution in [0.4, 0.5) is 27.6 Å². The third-order valence-electron chi connectivity index (χ3n) is 6.80. The molecule has 3 rings (SSSR count). The van der Waals surface area contributed by atoms with Gasteiger partial charge in [0.1, 0.15) is 6.17 Å². The van der Waals surface area contributed by atoms with E-state index in [2.05, 4.69) is 5.32 Å². The minimum Gasteiger partial charge on any atom is -0.323 e. The number of carbonyl (C=O) groups is 1. The summed E-state index contributed by atoms with van der Waals surface area (Å²) in [6.45, 7) is 1.88. The molecule has 1 aliphatic rings. The van der Waals surface area contributed by atoms with Crippen LogP contribution in [0.2, 0.25) is 0 Å². The fraction of sp³-hybridized carbons (Fsp3) is 0.536. The second kappa shape index (κ2) is 12.5. The molecule has 0 heterocycles. The highest BCUT2D eigenvalue weighted by atomic mass is 19.4. The molecule has 1 saturated carbocycles. The van der Waals surface area contributed by atoms with E-state index in [1.807, 2.05) is 19.1 Å². The molecule has 0 aliphatic heterocycles. The fourth-order valence-corrected chi connectivity index (χ4v) is 4.69. The van der Waals surface area contributed by atoms with Gasteiger partial charge in [0, 0.05) is 5.69 Å². The number of aryl methyl sites for hydroxylation is 2. The lowest BCUT2D eigenvalue weighted by atomic mass is 9.82. The summed E-state index contributed by atoms with van der Waals surface area (Å²) >= 11 is 0. The molecule has 2 atom stereocenters. The Labute approximate surface area is 204 Å². The first-order valence-corrected chi connectivity index (χ1v) is 12.6. The van der Waals surface area contributed by atoms with E-state index in [-0.39, 0.29) is 12.3 Å². The van der Waals surface area contributed by atoms with E-state index in [0.717, 1.165) is 67.3 Å². The van der Waals surface area contributed by atoms with E-state index in [4.69, 9.17) is 0 Å². The Bertz CT molecular complexity index is 951. The van der Waals surface area contributed by atoms with Crippen LogP contribution >= 0.6 is 0 Å². The van der Waals surface area contributed by atoms with Crippen molar-refractivity contribution >= 4 is 11.6 Å². The Balaban J connectivity index is 1.73. The molecule has 2 unspecified atom stereocenters. The quantitative estimate of drug-likeness (QED) is 0.330. The molecule has 2 aromatic rings. The van der Waals surface area contributed by atoms with Gasteiger partial charge in [-0.25, -0.2) is 8.78 Å². The van der Waals surface area contributed by atoms with Crippen molar-refractivity contribution in [1.29, 1.82) is 0 Å².